The second kappa shape index (κ2) is 14.6. The zero-order valence-electron chi connectivity index (χ0n) is 20.7. The van der Waals surface area contributed by atoms with Crippen molar-refractivity contribution in [3.8, 4) is 11.5 Å². The zero-order chi connectivity index (χ0) is 27.2. The van der Waals surface area contributed by atoms with Crippen molar-refractivity contribution in [2.75, 3.05) is 36.9 Å². The summed E-state index contributed by atoms with van der Waals surface area (Å²) in [4.78, 5) is 46.4. The van der Waals surface area contributed by atoms with Crippen molar-refractivity contribution in [2.45, 2.75) is 13.8 Å². The molecule has 2 rings (SSSR count). The van der Waals surface area contributed by atoms with Crippen LogP contribution in [-0.4, -0.2) is 50.3 Å². The highest BCUT2D eigenvalue weighted by Gasteiger charge is 2.07. The quantitative estimate of drug-likeness (QED) is 0.192. The van der Waals surface area contributed by atoms with Gasteiger partial charge in [0.15, 0.2) is 0 Å². The Hall–Kier alpha value is -4.80. The molecule has 2 aromatic rings. The van der Waals surface area contributed by atoms with Crippen LogP contribution in [-0.2, 0) is 19.1 Å². The van der Waals surface area contributed by atoms with E-state index in [-0.39, 0.29) is 26.3 Å². The molecule has 11 nitrogen and oxygen atoms in total. The highest BCUT2D eigenvalue weighted by molar-refractivity contribution is 5.90. The number of amides is 4. The van der Waals surface area contributed by atoms with Crippen molar-refractivity contribution in [2.24, 2.45) is 0 Å². The molecule has 0 bridgehead atoms. The average molecular weight is 511 g/mol. The van der Waals surface area contributed by atoms with Crippen LogP contribution in [0.15, 0.2) is 72.8 Å². The summed E-state index contributed by atoms with van der Waals surface area (Å²) in [5, 5.41) is 10.5. The molecule has 0 aliphatic heterocycles. The van der Waals surface area contributed by atoms with Gasteiger partial charge in [0.25, 0.3) is 0 Å². The Morgan fingerprint density at radius 3 is 1.32 bits per heavy atom. The van der Waals surface area contributed by atoms with Crippen LogP contribution >= 0.6 is 0 Å². The predicted octanol–water partition coefficient (Wildman–Crippen LogP) is 3.96. The predicted molar refractivity (Wildman–Crippen MR) is 139 cm³/mol. The number of urea groups is 2. The molecule has 4 N–H and O–H groups in total. The molecule has 0 saturated heterocycles. The van der Waals surface area contributed by atoms with Gasteiger partial charge in [0.2, 0.25) is 0 Å². The van der Waals surface area contributed by atoms with E-state index in [1.165, 1.54) is 0 Å². The summed E-state index contributed by atoms with van der Waals surface area (Å²) in [6.45, 7) is 10.4. The monoisotopic (exact) mass is 510 g/mol. The molecule has 0 heterocycles. The number of rotatable bonds is 12. The number of hydrogen-bond donors (Lipinski definition) is 4. The minimum absolute atomic E-state index is 0.0395. The van der Waals surface area contributed by atoms with Crippen LogP contribution in [0.1, 0.15) is 13.8 Å². The van der Waals surface area contributed by atoms with E-state index in [1.807, 2.05) is 0 Å². The Balaban J connectivity index is 1.71. The third-order valence-corrected chi connectivity index (χ3v) is 4.40. The van der Waals surface area contributed by atoms with Crippen LogP contribution in [0.25, 0.3) is 0 Å². The number of ether oxygens (including phenoxy) is 3. The Kier molecular flexibility index (Phi) is 11.2. The molecule has 0 aliphatic rings. The minimum Gasteiger partial charge on any atom is -0.460 e. The summed E-state index contributed by atoms with van der Waals surface area (Å²) in [7, 11) is 0. The molecule has 37 heavy (non-hydrogen) atoms. The van der Waals surface area contributed by atoms with E-state index >= 15 is 0 Å². The number of benzene rings is 2. The molecule has 0 fully saturated rings. The molecule has 0 spiro atoms. The molecule has 0 radical (unpaired) electrons. The van der Waals surface area contributed by atoms with Crippen molar-refractivity contribution < 1.29 is 33.4 Å². The minimum atomic E-state index is -0.509. The van der Waals surface area contributed by atoms with Crippen molar-refractivity contribution >= 4 is 35.4 Å². The first-order valence-electron chi connectivity index (χ1n) is 11.3. The van der Waals surface area contributed by atoms with Gasteiger partial charge in [-0.3, -0.25) is 0 Å². The van der Waals surface area contributed by atoms with Crippen molar-refractivity contribution in [3.63, 3.8) is 0 Å². The third kappa shape index (κ3) is 11.0. The van der Waals surface area contributed by atoms with E-state index in [0.717, 1.165) is 0 Å². The summed E-state index contributed by atoms with van der Waals surface area (Å²) in [5.41, 5.74) is 1.67. The molecule has 0 unspecified atom stereocenters. The van der Waals surface area contributed by atoms with Gasteiger partial charge in [-0.15, -0.1) is 0 Å². The smallest absolute Gasteiger partial charge is 0.333 e. The van der Waals surface area contributed by atoms with E-state index in [2.05, 4.69) is 34.4 Å². The van der Waals surface area contributed by atoms with E-state index in [1.54, 1.807) is 62.4 Å². The van der Waals surface area contributed by atoms with Gasteiger partial charge in [-0.1, -0.05) is 13.2 Å². The van der Waals surface area contributed by atoms with Crippen LogP contribution in [0, 0.1) is 0 Å². The van der Waals surface area contributed by atoms with Gasteiger partial charge in [-0.25, -0.2) is 19.2 Å². The fraction of sp³-hybridized carbons (Fsp3) is 0.231. The summed E-state index contributed by atoms with van der Waals surface area (Å²) < 4.78 is 15.6. The largest absolute Gasteiger partial charge is 0.460 e. The molecule has 2 aromatic carbocycles. The lowest BCUT2D eigenvalue weighted by atomic mass is 10.3. The van der Waals surface area contributed by atoms with E-state index in [0.29, 0.717) is 34.0 Å². The van der Waals surface area contributed by atoms with E-state index < -0.39 is 24.0 Å². The van der Waals surface area contributed by atoms with Crippen molar-refractivity contribution in [1.82, 2.24) is 10.6 Å². The highest BCUT2D eigenvalue weighted by atomic mass is 16.5. The molecule has 0 aromatic heterocycles. The van der Waals surface area contributed by atoms with Crippen LogP contribution < -0.4 is 26.0 Å². The summed E-state index contributed by atoms with van der Waals surface area (Å²) in [6, 6.07) is 12.5. The maximum absolute atomic E-state index is 11.9. The third-order valence-electron chi connectivity index (χ3n) is 4.40. The highest BCUT2D eigenvalue weighted by Crippen LogP contribution is 2.24. The number of hydrogen-bond acceptors (Lipinski definition) is 7. The molecular formula is C26H30N4O7. The SMILES string of the molecule is C=C(C)C(=O)OCCNC(=O)Nc1ccc(Oc2ccc(NC(=O)NCCOC(=O)C(=C)C)cc2)cc1. The first kappa shape index (κ1) is 28.4. The summed E-state index contributed by atoms with van der Waals surface area (Å²) in [5.74, 6) is 0.0655. The maximum atomic E-state index is 11.9. The average Bonchev–Trinajstić information content (AvgIpc) is 2.86. The number of esters is 2. The maximum Gasteiger partial charge on any atom is 0.333 e. The van der Waals surface area contributed by atoms with Gasteiger partial charge < -0.3 is 35.5 Å². The summed E-state index contributed by atoms with van der Waals surface area (Å²) in [6.07, 6.45) is 0. The molecule has 11 heteroatoms. The van der Waals surface area contributed by atoms with Crippen LogP contribution in [0.5, 0.6) is 11.5 Å². The fourth-order valence-electron chi connectivity index (χ4n) is 2.56. The number of carbonyl (C=O) groups is 4. The number of nitrogens with one attached hydrogen (secondary N) is 4. The molecule has 0 saturated carbocycles. The van der Waals surface area contributed by atoms with Crippen LogP contribution in [0.3, 0.4) is 0 Å². The van der Waals surface area contributed by atoms with Gasteiger partial charge in [-0.2, -0.15) is 0 Å². The molecular weight excluding hydrogens is 480 g/mol. The number of carbonyl (C=O) groups excluding carboxylic acids is 4. The lowest BCUT2D eigenvalue weighted by Gasteiger charge is -2.11. The van der Waals surface area contributed by atoms with Gasteiger partial charge in [0.1, 0.15) is 24.7 Å². The fourth-order valence-corrected chi connectivity index (χ4v) is 2.56. The Labute approximate surface area is 214 Å². The second-order valence-corrected chi connectivity index (χ2v) is 7.75. The van der Waals surface area contributed by atoms with Crippen LogP contribution in [0.4, 0.5) is 21.0 Å². The van der Waals surface area contributed by atoms with Crippen LogP contribution in [0.2, 0.25) is 0 Å². The van der Waals surface area contributed by atoms with E-state index in [4.69, 9.17) is 14.2 Å². The van der Waals surface area contributed by atoms with Gasteiger partial charge in [0, 0.05) is 22.5 Å². The van der Waals surface area contributed by atoms with Crippen molar-refractivity contribution in [1.29, 1.82) is 0 Å². The Morgan fingerprint density at radius 2 is 1.00 bits per heavy atom. The lowest BCUT2D eigenvalue weighted by Crippen LogP contribution is -2.32. The molecule has 196 valence electrons. The standard InChI is InChI=1S/C26H30N4O7/c1-17(2)23(31)35-15-13-27-25(33)29-19-5-9-21(10-6-19)37-22-11-7-20(8-12-22)30-26(34)28-14-16-36-24(32)18(3)4/h5-12H,1,3,13-16H2,2,4H3,(H2,27,29,33)(H2,28,30,34). The Bertz CT molecular complexity index is 1040. The number of anilines is 2. The topological polar surface area (TPSA) is 144 Å². The summed E-state index contributed by atoms with van der Waals surface area (Å²) >= 11 is 0. The molecule has 0 atom stereocenters. The first-order chi connectivity index (χ1) is 17.6. The van der Waals surface area contributed by atoms with Gasteiger partial charge in [0.05, 0.1) is 13.1 Å². The second-order valence-electron chi connectivity index (χ2n) is 7.75. The zero-order valence-corrected chi connectivity index (χ0v) is 20.7. The molecule has 4 amide bonds. The van der Waals surface area contributed by atoms with Crippen molar-refractivity contribution in [3.05, 3.63) is 72.8 Å². The normalized spacial score (nSPS) is 9.89. The van der Waals surface area contributed by atoms with Gasteiger partial charge >= 0.3 is 24.0 Å². The Morgan fingerprint density at radius 1 is 0.649 bits per heavy atom. The lowest BCUT2D eigenvalue weighted by molar-refractivity contribution is -0.139. The van der Waals surface area contributed by atoms with Gasteiger partial charge in [-0.05, 0) is 62.4 Å². The van der Waals surface area contributed by atoms with E-state index in [9.17, 15) is 19.2 Å². The molecule has 0 aliphatic carbocycles. The first-order valence-corrected chi connectivity index (χ1v) is 11.3.